The molecule has 84 valence electrons. The van der Waals surface area contributed by atoms with Crippen LogP contribution in [0.3, 0.4) is 0 Å². The highest BCUT2D eigenvalue weighted by molar-refractivity contribution is 5.77. The minimum atomic E-state index is -0.255. The summed E-state index contributed by atoms with van der Waals surface area (Å²) in [7, 11) is 1.39. The molecule has 0 radical (unpaired) electrons. The van der Waals surface area contributed by atoms with Gasteiger partial charge in [-0.1, -0.05) is 37.4 Å². The van der Waals surface area contributed by atoms with Gasteiger partial charge in [0.2, 0.25) is 0 Å². The van der Waals surface area contributed by atoms with Gasteiger partial charge in [0.1, 0.15) is 0 Å². The van der Waals surface area contributed by atoms with Gasteiger partial charge in [-0.25, -0.2) is 0 Å². The summed E-state index contributed by atoms with van der Waals surface area (Å²) in [5.41, 5.74) is 3.96. The lowest BCUT2D eigenvalue weighted by atomic mass is 9.95. The van der Waals surface area contributed by atoms with Crippen molar-refractivity contribution in [2.45, 2.75) is 13.3 Å². The smallest absolute Gasteiger partial charge is 0.310 e. The average molecular weight is 216 g/mol. The maximum atomic E-state index is 11.3. The number of carbonyl (C=O) groups is 1. The second-order valence-electron chi connectivity index (χ2n) is 3.58. The molecule has 0 atom stereocenters. The zero-order valence-electron chi connectivity index (χ0n) is 9.75. The van der Waals surface area contributed by atoms with Gasteiger partial charge in [0.25, 0.3) is 0 Å². The quantitative estimate of drug-likeness (QED) is 0.723. The number of hydrogen-bond donors (Lipinski definition) is 0. The van der Waals surface area contributed by atoms with E-state index in [1.54, 1.807) is 12.2 Å². The highest BCUT2D eigenvalue weighted by atomic mass is 16.5. The van der Waals surface area contributed by atoms with Gasteiger partial charge in [-0.3, -0.25) is 4.79 Å². The van der Waals surface area contributed by atoms with Crippen molar-refractivity contribution in [3.63, 3.8) is 0 Å². The van der Waals surface area contributed by atoms with Crippen molar-refractivity contribution in [3.8, 4) is 0 Å². The number of rotatable bonds is 4. The fraction of sp³-hybridized carbons (Fsp3) is 0.214. The first-order valence-electron chi connectivity index (χ1n) is 5.07. The van der Waals surface area contributed by atoms with E-state index < -0.39 is 0 Å². The molecule has 16 heavy (non-hydrogen) atoms. The van der Waals surface area contributed by atoms with Crippen molar-refractivity contribution in [3.05, 3.63) is 47.5 Å². The minimum absolute atomic E-state index is 0.249. The van der Waals surface area contributed by atoms with Crippen LogP contribution in [0.5, 0.6) is 0 Å². The minimum Gasteiger partial charge on any atom is -0.469 e. The Labute approximate surface area is 96.2 Å². The van der Waals surface area contributed by atoms with Gasteiger partial charge in [-0.15, -0.1) is 0 Å². The van der Waals surface area contributed by atoms with Gasteiger partial charge in [0, 0.05) is 0 Å². The molecule has 0 spiro atoms. The Kier molecular flexibility index (Phi) is 4.06. The topological polar surface area (TPSA) is 26.3 Å². The molecule has 0 aromatic heterocycles. The van der Waals surface area contributed by atoms with E-state index in [1.165, 1.54) is 7.11 Å². The molecule has 0 aliphatic rings. The maximum absolute atomic E-state index is 11.3. The Hall–Kier alpha value is -1.83. The third-order valence-electron chi connectivity index (χ3n) is 2.45. The predicted octanol–water partition coefficient (Wildman–Crippen LogP) is 3.00. The number of aryl methyl sites for hydroxylation is 1. The number of esters is 1. The molecule has 2 heteroatoms. The Balaban J connectivity index is 3.27. The van der Waals surface area contributed by atoms with E-state index in [-0.39, 0.29) is 12.4 Å². The van der Waals surface area contributed by atoms with Crippen molar-refractivity contribution in [1.29, 1.82) is 0 Å². The molecule has 2 nitrogen and oxygen atoms in total. The summed E-state index contributed by atoms with van der Waals surface area (Å²) in [5, 5.41) is 0. The van der Waals surface area contributed by atoms with Crippen LogP contribution in [-0.4, -0.2) is 13.1 Å². The van der Waals surface area contributed by atoms with E-state index in [1.807, 2.05) is 19.1 Å². The molecular weight excluding hydrogens is 200 g/mol. The van der Waals surface area contributed by atoms with Crippen molar-refractivity contribution in [2.75, 3.05) is 7.11 Å². The van der Waals surface area contributed by atoms with E-state index in [4.69, 9.17) is 0 Å². The molecule has 1 rings (SSSR count). The first-order valence-corrected chi connectivity index (χ1v) is 5.07. The van der Waals surface area contributed by atoms with Crippen LogP contribution in [0.25, 0.3) is 12.2 Å². The molecule has 0 unspecified atom stereocenters. The molecule has 1 aromatic carbocycles. The summed E-state index contributed by atoms with van der Waals surface area (Å²) in [6.07, 6.45) is 3.75. The summed E-state index contributed by atoms with van der Waals surface area (Å²) in [6, 6.07) is 4.00. The second-order valence-corrected chi connectivity index (χ2v) is 3.58. The summed E-state index contributed by atoms with van der Waals surface area (Å²) in [4.78, 5) is 11.3. The van der Waals surface area contributed by atoms with Crippen LogP contribution in [0.15, 0.2) is 25.3 Å². The zero-order valence-corrected chi connectivity index (χ0v) is 9.75. The number of carbonyl (C=O) groups excluding carboxylic acids is 1. The molecular formula is C14H16O2. The molecule has 0 saturated heterocycles. The van der Waals surface area contributed by atoms with Crippen LogP contribution in [-0.2, 0) is 16.0 Å². The van der Waals surface area contributed by atoms with E-state index in [0.29, 0.717) is 0 Å². The lowest BCUT2D eigenvalue weighted by Crippen LogP contribution is -2.07. The fourth-order valence-corrected chi connectivity index (χ4v) is 1.66. The lowest BCUT2D eigenvalue weighted by molar-refractivity contribution is -0.139. The highest BCUT2D eigenvalue weighted by Gasteiger charge is 2.10. The van der Waals surface area contributed by atoms with Crippen LogP contribution >= 0.6 is 0 Å². The van der Waals surface area contributed by atoms with E-state index in [9.17, 15) is 4.79 Å². The molecule has 0 amide bonds. The normalized spacial score (nSPS) is 9.62. The largest absolute Gasteiger partial charge is 0.469 e. The van der Waals surface area contributed by atoms with Gasteiger partial charge in [0.15, 0.2) is 0 Å². The Morgan fingerprint density at radius 1 is 1.31 bits per heavy atom. The van der Waals surface area contributed by atoms with Crippen molar-refractivity contribution in [2.24, 2.45) is 0 Å². The second kappa shape index (κ2) is 5.31. The van der Waals surface area contributed by atoms with E-state index in [2.05, 4.69) is 17.9 Å². The number of methoxy groups -OCH3 is 1. The molecule has 0 bridgehead atoms. The fourth-order valence-electron chi connectivity index (χ4n) is 1.66. The number of hydrogen-bond acceptors (Lipinski definition) is 2. The molecule has 0 heterocycles. The molecule has 0 fully saturated rings. The Morgan fingerprint density at radius 2 is 1.81 bits per heavy atom. The van der Waals surface area contributed by atoms with Gasteiger partial charge in [-0.2, -0.15) is 0 Å². The number of benzene rings is 1. The van der Waals surface area contributed by atoms with Crippen molar-refractivity contribution >= 4 is 18.1 Å². The van der Waals surface area contributed by atoms with E-state index in [0.717, 1.165) is 22.3 Å². The molecule has 0 aliphatic carbocycles. The van der Waals surface area contributed by atoms with Gasteiger partial charge in [-0.05, 0) is 29.2 Å². The first kappa shape index (κ1) is 12.2. The van der Waals surface area contributed by atoms with Crippen molar-refractivity contribution < 1.29 is 9.53 Å². The Bertz CT molecular complexity index is 401. The van der Waals surface area contributed by atoms with Crippen molar-refractivity contribution in [1.82, 2.24) is 0 Å². The van der Waals surface area contributed by atoms with Crippen LogP contribution in [0, 0.1) is 6.92 Å². The summed E-state index contributed by atoms with van der Waals surface area (Å²) < 4.78 is 4.68. The van der Waals surface area contributed by atoms with Gasteiger partial charge < -0.3 is 4.74 Å². The Morgan fingerprint density at radius 3 is 2.19 bits per heavy atom. The van der Waals surface area contributed by atoms with Crippen LogP contribution in [0.2, 0.25) is 0 Å². The monoisotopic (exact) mass is 216 g/mol. The number of ether oxygens (including phenoxy) is 1. The summed E-state index contributed by atoms with van der Waals surface area (Å²) in [5.74, 6) is -0.255. The van der Waals surface area contributed by atoms with Crippen LogP contribution in [0.4, 0.5) is 0 Å². The predicted molar refractivity (Wildman–Crippen MR) is 67.1 cm³/mol. The van der Waals surface area contributed by atoms with E-state index >= 15 is 0 Å². The summed E-state index contributed by atoms with van der Waals surface area (Å²) >= 11 is 0. The highest BCUT2D eigenvalue weighted by Crippen LogP contribution is 2.21. The molecule has 1 aromatic rings. The molecule has 0 aliphatic heterocycles. The van der Waals surface area contributed by atoms with Gasteiger partial charge >= 0.3 is 5.97 Å². The third-order valence-corrected chi connectivity index (χ3v) is 2.45. The first-order chi connectivity index (χ1) is 7.62. The van der Waals surface area contributed by atoms with Gasteiger partial charge in [0.05, 0.1) is 13.5 Å². The van der Waals surface area contributed by atoms with Crippen LogP contribution < -0.4 is 0 Å². The summed E-state index contributed by atoms with van der Waals surface area (Å²) in [6.45, 7) is 9.51. The lowest BCUT2D eigenvalue weighted by Gasteiger charge is -2.10. The maximum Gasteiger partial charge on any atom is 0.310 e. The third kappa shape index (κ3) is 2.60. The molecule has 0 N–H and O–H groups in total. The SMILES string of the molecule is C=Cc1cc(C)cc(C=C)c1CC(=O)OC. The average Bonchev–Trinajstić information content (AvgIpc) is 2.30. The standard InChI is InChI=1S/C14H16O2/c1-5-11-7-10(3)8-12(6-2)13(11)9-14(15)16-4/h5-8H,1-2,9H2,3-4H3. The molecule has 0 saturated carbocycles. The zero-order chi connectivity index (χ0) is 12.1. The van der Waals surface area contributed by atoms with Crippen LogP contribution in [0.1, 0.15) is 22.3 Å².